The third kappa shape index (κ3) is 2.11. The lowest BCUT2D eigenvalue weighted by molar-refractivity contribution is -0.176. The number of carbonyl (C=O) groups excluding carboxylic acids is 4. The second kappa shape index (κ2) is 6.50. The molecule has 9 nitrogen and oxygen atoms in total. The molecule has 0 bridgehead atoms. The van der Waals surface area contributed by atoms with Gasteiger partial charge >= 0.3 is 23.9 Å². The zero-order chi connectivity index (χ0) is 18.8. The maximum Gasteiger partial charge on any atom is 0.325 e. The summed E-state index contributed by atoms with van der Waals surface area (Å²) < 4.78 is 18.9. The summed E-state index contributed by atoms with van der Waals surface area (Å²) in [5.74, 6) is -5.77. The predicted octanol–water partition coefficient (Wildman–Crippen LogP) is -0.156. The minimum absolute atomic E-state index is 0.147. The van der Waals surface area contributed by atoms with Gasteiger partial charge in [-0.05, 0) is 12.1 Å². The Labute approximate surface area is 143 Å². The van der Waals surface area contributed by atoms with Gasteiger partial charge < -0.3 is 18.9 Å². The maximum atomic E-state index is 12.6. The van der Waals surface area contributed by atoms with Gasteiger partial charge in [-0.15, -0.1) is 0 Å². The summed E-state index contributed by atoms with van der Waals surface area (Å²) in [7, 11) is 4.11. The van der Waals surface area contributed by atoms with E-state index in [0.29, 0.717) is 0 Å². The number of pyridine rings is 1. The molecule has 1 aliphatic rings. The average molecular weight is 351 g/mol. The van der Waals surface area contributed by atoms with Gasteiger partial charge in [-0.3, -0.25) is 24.2 Å². The molecule has 1 fully saturated rings. The van der Waals surface area contributed by atoms with Gasteiger partial charge in [0, 0.05) is 11.9 Å². The topological polar surface area (TPSA) is 118 Å². The highest BCUT2D eigenvalue weighted by molar-refractivity contribution is 6.23. The van der Waals surface area contributed by atoms with Gasteiger partial charge in [0.15, 0.2) is 0 Å². The molecule has 0 amide bonds. The second-order valence-corrected chi connectivity index (χ2v) is 5.27. The molecule has 1 aromatic heterocycles. The second-order valence-electron chi connectivity index (χ2n) is 5.27. The summed E-state index contributed by atoms with van der Waals surface area (Å²) in [5, 5.41) is 0. The molecule has 1 saturated carbocycles. The van der Waals surface area contributed by atoms with Crippen LogP contribution in [-0.2, 0) is 38.1 Å². The van der Waals surface area contributed by atoms with Gasteiger partial charge in [0.1, 0.15) is 0 Å². The van der Waals surface area contributed by atoms with Gasteiger partial charge in [0.2, 0.25) is 10.8 Å². The van der Waals surface area contributed by atoms with Crippen molar-refractivity contribution < 1.29 is 38.1 Å². The molecule has 0 atom stereocenters. The normalized spacial score (nSPS) is 17.1. The Balaban J connectivity index is 2.84. The Morgan fingerprint density at radius 3 is 1.48 bits per heavy atom. The monoisotopic (exact) mass is 351 g/mol. The number of methoxy groups -OCH3 is 4. The van der Waals surface area contributed by atoms with E-state index in [1.807, 2.05) is 0 Å². The molecule has 2 rings (SSSR count). The summed E-state index contributed by atoms with van der Waals surface area (Å²) in [6.45, 7) is 0. The fraction of sp³-hybridized carbons (Fsp3) is 0.438. The molecule has 0 spiro atoms. The van der Waals surface area contributed by atoms with Gasteiger partial charge in [0.25, 0.3) is 0 Å². The molecule has 0 unspecified atom stereocenters. The number of aromatic nitrogens is 1. The molecule has 0 aliphatic heterocycles. The Hall–Kier alpha value is -2.97. The minimum Gasteiger partial charge on any atom is -0.468 e. The van der Waals surface area contributed by atoms with Crippen LogP contribution < -0.4 is 0 Å². The van der Waals surface area contributed by atoms with Crippen molar-refractivity contribution in [3.05, 3.63) is 30.1 Å². The molecular formula is C16H17NO8. The van der Waals surface area contributed by atoms with Crippen molar-refractivity contribution in [2.45, 2.75) is 5.92 Å². The predicted molar refractivity (Wildman–Crippen MR) is 79.9 cm³/mol. The van der Waals surface area contributed by atoms with Crippen LogP contribution in [0.3, 0.4) is 0 Å². The van der Waals surface area contributed by atoms with Crippen LogP contribution in [0, 0.1) is 10.8 Å². The highest BCUT2D eigenvalue weighted by atomic mass is 16.6. The third-order valence-electron chi connectivity index (χ3n) is 4.42. The van der Waals surface area contributed by atoms with Crippen molar-refractivity contribution >= 4 is 23.9 Å². The van der Waals surface area contributed by atoms with E-state index < -0.39 is 40.6 Å². The molecule has 1 aromatic rings. The summed E-state index contributed by atoms with van der Waals surface area (Å²) in [6, 6.07) is 4.65. The van der Waals surface area contributed by atoms with Crippen LogP contribution in [0.4, 0.5) is 0 Å². The van der Waals surface area contributed by atoms with Crippen LogP contribution in [-0.4, -0.2) is 57.3 Å². The Morgan fingerprint density at radius 2 is 1.20 bits per heavy atom. The smallest absolute Gasteiger partial charge is 0.325 e. The van der Waals surface area contributed by atoms with Gasteiger partial charge in [-0.2, -0.15) is 0 Å². The average Bonchev–Trinajstić information content (AvgIpc) is 3.32. The molecule has 9 heteroatoms. The number of esters is 4. The molecule has 1 aliphatic carbocycles. The van der Waals surface area contributed by atoms with Crippen LogP contribution in [0.15, 0.2) is 24.4 Å². The summed E-state index contributed by atoms with van der Waals surface area (Å²) >= 11 is 0. The van der Waals surface area contributed by atoms with Crippen LogP contribution in [0.1, 0.15) is 11.6 Å². The standard InChI is InChI=1S/C16H17NO8/c1-22-11(18)15(12(19)23-2)10(9-7-5-6-8-17-9)16(15,13(20)24-3)14(21)25-4/h5-8,10H,1-4H3. The van der Waals surface area contributed by atoms with Crippen molar-refractivity contribution in [2.75, 3.05) is 28.4 Å². The largest absolute Gasteiger partial charge is 0.468 e. The highest BCUT2D eigenvalue weighted by Gasteiger charge is 2.95. The van der Waals surface area contributed by atoms with E-state index in [-0.39, 0.29) is 5.69 Å². The molecule has 0 N–H and O–H groups in total. The third-order valence-corrected chi connectivity index (χ3v) is 4.42. The maximum absolute atomic E-state index is 12.6. The Bertz CT molecular complexity index is 640. The lowest BCUT2D eigenvalue weighted by atomic mass is 9.92. The zero-order valence-corrected chi connectivity index (χ0v) is 14.1. The SMILES string of the molecule is COC(=O)C1(C(=O)OC)C(c2ccccn2)C1(C(=O)OC)C(=O)OC. The van der Waals surface area contributed by atoms with Crippen LogP contribution in [0.25, 0.3) is 0 Å². The number of ether oxygens (including phenoxy) is 4. The first kappa shape index (κ1) is 18.4. The number of hydrogen-bond donors (Lipinski definition) is 0. The summed E-state index contributed by atoms with van der Waals surface area (Å²) in [6.07, 6.45) is 1.40. The first-order valence-corrected chi connectivity index (χ1v) is 7.15. The molecule has 0 saturated heterocycles. The summed E-state index contributed by atoms with van der Waals surface area (Å²) in [5.41, 5.74) is -4.43. The first-order valence-electron chi connectivity index (χ1n) is 7.15. The van der Waals surface area contributed by atoms with E-state index in [0.717, 1.165) is 28.4 Å². The van der Waals surface area contributed by atoms with Gasteiger partial charge in [-0.1, -0.05) is 6.07 Å². The molecular weight excluding hydrogens is 334 g/mol. The van der Waals surface area contributed by atoms with Crippen molar-refractivity contribution in [3.8, 4) is 0 Å². The fourth-order valence-corrected chi connectivity index (χ4v) is 3.39. The Kier molecular flexibility index (Phi) is 4.78. The van der Waals surface area contributed by atoms with Crippen molar-refractivity contribution in [2.24, 2.45) is 10.8 Å². The van der Waals surface area contributed by atoms with E-state index in [1.165, 1.54) is 12.3 Å². The lowest BCUT2D eigenvalue weighted by Gasteiger charge is -2.17. The van der Waals surface area contributed by atoms with E-state index in [2.05, 4.69) is 4.98 Å². The van der Waals surface area contributed by atoms with Gasteiger partial charge in [-0.25, -0.2) is 0 Å². The van der Waals surface area contributed by atoms with Crippen LogP contribution >= 0.6 is 0 Å². The first-order chi connectivity index (χ1) is 11.9. The van der Waals surface area contributed by atoms with Crippen molar-refractivity contribution in [1.82, 2.24) is 4.98 Å². The van der Waals surface area contributed by atoms with E-state index >= 15 is 0 Å². The number of nitrogens with zero attached hydrogens (tertiary/aromatic N) is 1. The van der Waals surface area contributed by atoms with Crippen molar-refractivity contribution in [1.29, 1.82) is 0 Å². The van der Waals surface area contributed by atoms with Gasteiger partial charge in [0.05, 0.1) is 34.4 Å². The van der Waals surface area contributed by atoms with E-state index in [9.17, 15) is 19.2 Å². The molecule has 0 radical (unpaired) electrons. The highest BCUT2D eigenvalue weighted by Crippen LogP contribution is 2.76. The summed E-state index contributed by atoms with van der Waals surface area (Å²) in [4.78, 5) is 54.3. The van der Waals surface area contributed by atoms with Crippen molar-refractivity contribution in [3.63, 3.8) is 0 Å². The zero-order valence-electron chi connectivity index (χ0n) is 14.1. The lowest BCUT2D eigenvalue weighted by Crippen LogP contribution is -2.42. The van der Waals surface area contributed by atoms with Crippen LogP contribution in [0.5, 0.6) is 0 Å². The van der Waals surface area contributed by atoms with Crippen LogP contribution in [0.2, 0.25) is 0 Å². The number of carbonyl (C=O) groups is 4. The molecule has 25 heavy (non-hydrogen) atoms. The molecule has 134 valence electrons. The van der Waals surface area contributed by atoms with E-state index in [4.69, 9.17) is 18.9 Å². The fourth-order valence-electron chi connectivity index (χ4n) is 3.39. The number of hydrogen-bond acceptors (Lipinski definition) is 9. The molecule has 1 heterocycles. The molecule has 0 aromatic carbocycles. The quantitative estimate of drug-likeness (QED) is 0.405. The minimum atomic E-state index is -2.29. The van der Waals surface area contributed by atoms with E-state index in [1.54, 1.807) is 12.1 Å². The Morgan fingerprint density at radius 1 is 0.800 bits per heavy atom. The number of rotatable bonds is 5.